The molecule has 0 spiro atoms. The van der Waals surface area contributed by atoms with Crippen molar-refractivity contribution in [3.05, 3.63) is 42.4 Å². The third-order valence-corrected chi connectivity index (χ3v) is 4.13. The first-order chi connectivity index (χ1) is 10.8. The van der Waals surface area contributed by atoms with E-state index in [0.717, 1.165) is 29.6 Å². The number of nitrogens with zero attached hydrogens (tertiary/aromatic N) is 2. The molecule has 0 aliphatic heterocycles. The monoisotopic (exact) mass is 312 g/mol. The Bertz CT molecular complexity index is 696. The highest BCUT2D eigenvalue weighted by molar-refractivity contribution is 7.80. The van der Waals surface area contributed by atoms with Crippen molar-refractivity contribution >= 4 is 33.9 Å². The van der Waals surface area contributed by atoms with E-state index in [4.69, 9.17) is 12.2 Å². The van der Waals surface area contributed by atoms with Crippen LogP contribution in [0.4, 0.5) is 5.69 Å². The van der Waals surface area contributed by atoms with Gasteiger partial charge in [-0.1, -0.05) is 11.6 Å². The number of allylic oxidation sites excluding steroid dienone is 1. The predicted molar refractivity (Wildman–Crippen MR) is 94.9 cm³/mol. The molecule has 1 aliphatic carbocycles. The van der Waals surface area contributed by atoms with Crippen LogP contribution in [-0.2, 0) is 0 Å². The van der Waals surface area contributed by atoms with Gasteiger partial charge in [0.15, 0.2) is 5.11 Å². The molecule has 0 unspecified atom stereocenters. The lowest BCUT2D eigenvalue weighted by Crippen LogP contribution is -2.29. The molecule has 22 heavy (non-hydrogen) atoms. The van der Waals surface area contributed by atoms with Crippen LogP contribution in [0.1, 0.15) is 32.1 Å². The molecule has 2 aromatic rings. The number of nitrogens with one attached hydrogen (secondary N) is 2. The fourth-order valence-corrected chi connectivity index (χ4v) is 2.93. The molecule has 0 atom stereocenters. The summed E-state index contributed by atoms with van der Waals surface area (Å²) >= 11 is 5.35. The van der Waals surface area contributed by atoms with Gasteiger partial charge in [0.1, 0.15) is 6.33 Å². The van der Waals surface area contributed by atoms with Crippen LogP contribution in [0.5, 0.6) is 0 Å². The van der Waals surface area contributed by atoms with Gasteiger partial charge >= 0.3 is 0 Å². The molecule has 0 radical (unpaired) electrons. The lowest BCUT2D eigenvalue weighted by molar-refractivity contribution is 0.669. The largest absolute Gasteiger partial charge is 0.362 e. The zero-order chi connectivity index (χ0) is 15.2. The molecule has 2 N–H and O–H groups in total. The van der Waals surface area contributed by atoms with Crippen LogP contribution in [0.2, 0.25) is 0 Å². The molecule has 0 saturated heterocycles. The highest BCUT2D eigenvalue weighted by Gasteiger charge is 2.04. The second kappa shape index (κ2) is 7.31. The summed E-state index contributed by atoms with van der Waals surface area (Å²) in [6.45, 7) is 0.883. The zero-order valence-corrected chi connectivity index (χ0v) is 13.3. The Morgan fingerprint density at radius 1 is 1.27 bits per heavy atom. The first-order valence-corrected chi connectivity index (χ1v) is 8.14. The third-order valence-electron chi connectivity index (χ3n) is 3.88. The number of benzene rings is 1. The Hall–Kier alpha value is -2.01. The van der Waals surface area contributed by atoms with Crippen LogP contribution in [0.15, 0.2) is 42.4 Å². The van der Waals surface area contributed by atoms with Crippen molar-refractivity contribution in [2.75, 3.05) is 11.9 Å². The van der Waals surface area contributed by atoms with Gasteiger partial charge in [0.25, 0.3) is 0 Å². The number of anilines is 1. The van der Waals surface area contributed by atoms with Crippen LogP contribution in [-0.4, -0.2) is 21.6 Å². The van der Waals surface area contributed by atoms with Crippen LogP contribution >= 0.6 is 12.2 Å². The quantitative estimate of drug-likeness (QED) is 0.664. The molecule has 0 bridgehead atoms. The topological polar surface area (TPSA) is 49.8 Å². The van der Waals surface area contributed by atoms with E-state index >= 15 is 0 Å². The molecule has 4 nitrogen and oxygen atoms in total. The summed E-state index contributed by atoms with van der Waals surface area (Å²) in [6.07, 6.45) is 12.0. The van der Waals surface area contributed by atoms with Crippen molar-refractivity contribution in [1.29, 1.82) is 0 Å². The Morgan fingerprint density at radius 3 is 3.09 bits per heavy atom. The number of hydrogen-bond donors (Lipinski definition) is 2. The Balaban J connectivity index is 1.51. The van der Waals surface area contributed by atoms with Crippen LogP contribution in [0.25, 0.3) is 10.9 Å². The molecule has 1 aromatic heterocycles. The number of fused-ring (bicyclic) bond motifs is 1. The lowest BCUT2D eigenvalue weighted by atomic mass is 9.97. The second-order valence-corrected chi connectivity index (χ2v) is 5.94. The number of rotatable bonds is 4. The Morgan fingerprint density at radius 2 is 2.23 bits per heavy atom. The average Bonchev–Trinajstić information content (AvgIpc) is 2.56. The van der Waals surface area contributed by atoms with Gasteiger partial charge in [-0.2, -0.15) is 0 Å². The summed E-state index contributed by atoms with van der Waals surface area (Å²) in [4.78, 5) is 8.25. The Kier molecular flexibility index (Phi) is 4.96. The standard InChI is InChI=1S/C17H20N4S/c22-17(19-9-8-13-4-2-1-3-5-13)21-15-6-7-16-14(10-15)11-18-12-20-16/h4,6-7,10-12H,1-3,5,8-9H2,(H2,19,21,22). The fourth-order valence-electron chi connectivity index (χ4n) is 2.71. The average molecular weight is 312 g/mol. The van der Waals surface area contributed by atoms with Gasteiger partial charge in [-0.3, -0.25) is 0 Å². The van der Waals surface area contributed by atoms with E-state index < -0.39 is 0 Å². The van der Waals surface area contributed by atoms with Gasteiger partial charge in [-0.15, -0.1) is 0 Å². The first-order valence-electron chi connectivity index (χ1n) is 7.74. The van der Waals surface area contributed by atoms with E-state index in [2.05, 4.69) is 26.7 Å². The van der Waals surface area contributed by atoms with E-state index in [9.17, 15) is 0 Å². The maximum absolute atomic E-state index is 5.35. The summed E-state index contributed by atoms with van der Waals surface area (Å²) in [7, 11) is 0. The summed E-state index contributed by atoms with van der Waals surface area (Å²) in [6, 6.07) is 5.95. The summed E-state index contributed by atoms with van der Waals surface area (Å²) in [5.74, 6) is 0. The number of thiocarbonyl (C=S) groups is 1. The summed E-state index contributed by atoms with van der Waals surface area (Å²) in [5, 5.41) is 8.15. The summed E-state index contributed by atoms with van der Waals surface area (Å²) < 4.78 is 0. The molecule has 5 heteroatoms. The van der Waals surface area contributed by atoms with Crippen molar-refractivity contribution in [2.45, 2.75) is 32.1 Å². The first kappa shape index (κ1) is 14.9. The van der Waals surface area contributed by atoms with Crippen molar-refractivity contribution in [1.82, 2.24) is 15.3 Å². The van der Waals surface area contributed by atoms with Crippen molar-refractivity contribution < 1.29 is 0 Å². The SMILES string of the molecule is S=C(NCCC1=CCCCC1)Nc1ccc2ncncc2c1. The molecule has 1 heterocycles. The molecule has 1 aliphatic rings. The van der Waals surface area contributed by atoms with Crippen LogP contribution in [0, 0.1) is 0 Å². The van der Waals surface area contributed by atoms with Crippen LogP contribution in [0.3, 0.4) is 0 Å². The molecule has 0 fully saturated rings. The van der Waals surface area contributed by atoms with Gasteiger partial charge in [-0.25, -0.2) is 9.97 Å². The molecule has 0 saturated carbocycles. The van der Waals surface area contributed by atoms with E-state index in [0.29, 0.717) is 5.11 Å². The van der Waals surface area contributed by atoms with Crippen LogP contribution < -0.4 is 10.6 Å². The lowest BCUT2D eigenvalue weighted by Gasteiger charge is -2.14. The third kappa shape index (κ3) is 4.01. The van der Waals surface area contributed by atoms with E-state index in [-0.39, 0.29) is 0 Å². The number of hydrogen-bond acceptors (Lipinski definition) is 3. The fraction of sp³-hybridized carbons (Fsp3) is 0.353. The minimum atomic E-state index is 0.660. The minimum Gasteiger partial charge on any atom is -0.362 e. The smallest absolute Gasteiger partial charge is 0.170 e. The highest BCUT2D eigenvalue weighted by atomic mass is 32.1. The molecular weight excluding hydrogens is 292 g/mol. The van der Waals surface area contributed by atoms with Gasteiger partial charge in [-0.05, 0) is 62.5 Å². The van der Waals surface area contributed by atoms with Crippen molar-refractivity contribution in [3.63, 3.8) is 0 Å². The van der Waals surface area contributed by atoms with E-state index in [1.807, 2.05) is 18.2 Å². The normalized spacial score (nSPS) is 14.5. The summed E-state index contributed by atoms with van der Waals surface area (Å²) in [5.41, 5.74) is 3.45. The highest BCUT2D eigenvalue weighted by Crippen LogP contribution is 2.19. The molecular formula is C17H20N4S. The molecule has 1 aromatic carbocycles. The predicted octanol–water partition coefficient (Wildman–Crippen LogP) is 3.81. The Labute approximate surface area is 136 Å². The minimum absolute atomic E-state index is 0.660. The van der Waals surface area contributed by atoms with Gasteiger partial charge in [0, 0.05) is 23.8 Å². The van der Waals surface area contributed by atoms with E-state index in [1.54, 1.807) is 18.1 Å². The van der Waals surface area contributed by atoms with Gasteiger partial charge < -0.3 is 10.6 Å². The zero-order valence-electron chi connectivity index (χ0n) is 12.5. The maximum atomic E-state index is 5.35. The van der Waals surface area contributed by atoms with Gasteiger partial charge in [0.2, 0.25) is 0 Å². The second-order valence-electron chi connectivity index (χ2n) is 5.54. The van der Waals surface area contributed by atoms with E-state index in [1.165, 1.54) is 25.7 Å². The molecule has 3 rings (SSSR count). The molecule has 0 amide bonds. The van der Waals surface area contributed by atoms with Gasteiger partial charge in [0.05, 0.1) is 5.52 Å². The maximum Gasteiger partial charge on any atom is 0.170 e. The van der Waals surface area contributed by atoms with Crippen molar-refractivity contribution in [3.8, 4) is 0 Å². The van der Waals surface area contributed by atoms with Crippen molar-refractivity contribution in [2.24, 2.45) is 0 Å². The number of aromatic nitrogens is 2. The molecule has 114 valence electrons.